The Labute approximate surface area is 137 Å². The van der Waals surface area contributed by atoms with E-state index in [9.17, 15) is 4.39 Å². The molecule has 2 aromatic heterocycles. The Hall–Kier alpha value is -1.56. The summed E-state index contributed by atoms with van der Waals surface area (Å²) in [5.74, 6) is -0.200. The van der Waals surface area contributed by atoms with E-state index in [1.165, 1.54) is 17.7 Å². The average Bonchev–Trinajstić information content (AvgIpc) is 3.16. The number of hydrogen-bond donors (Lipinski definition) is 1. The molecule has 5 heteroatoms. The van der Waals surface area contributed by atoms with Crippen LogP contribution in [-0.4, -0.2) is 4.98 Å². The van der Waals surface area contributed by atoms with E-state index in [0.717, 1.165) is 22.7 Å². The molecule has 1 atom stereocenters. The van der Waals surface area contributed by atoms with Gasteiger partial charge in [-0.05, 0) is 53.4 Å². The van der Waals surface area contributed by atoms with Gasteiger partial charge >= 0.3 is 0 Å². The third-order valence-corrected chi connectivity index (χ3v) is 5.23. The zero-order valence-electron chi connectivity index (χ0n) is 12.3. The molecule has 0 aliphatic heterocycles. The number of halogens is 1. The molecule has 2 heterocycles. The van der Waals surface area contributed by atoms with Gasteiger partial charge in [0.15, 0.2) is 0 Å². The van der Waals surface area contributed by atoms with Gasteiger partial charge in [-0.15, -0.1) is 11.3 Å². The fourth-order valence-electron chi connectivity index (χ4n) is 2.27. The van der Waals surface area contributed by atoms with Gasteiger partial charge < -0.3 is 5.32 Å². The Kier molecular flexibility index (Phi) is 4.97. The quantitative estimate of drug-likeness (QED) is 0.706. The molecule has 3 aromatic rings. The largest absolute Gasteiger partial charge is 0.304 e. The van der Waals surface area contributed by atoms with E-state index < -0.39 is 0 Å². The van der Waals surface area contributed by atoms with Crippen LogP contribution in [0.15, 0.2) is 46.5 Å². The molecule has 0 radical (unpaired) electrons. The average molecular weight is 332 g/mol. The molecule has 2 nitrogen and oxygen atoms in total. The van der Waals surface area contributed by atoms with E-state index in [2.05, 4.69) is 32.5 Å². The smallest absolute Gasteiger partial charge is 0.123 e. The van der Waals surface area contributed by atoms with Crippen LogP contribution in [0.4, 0.5) is 4.39 Å². The molecular weight excluding hydrogens is 315 g/mol. The van der Waals surface area contributed by atoms with Crippen molar-refractivity contribution in [2.24, 2.45) is 0 Å². The van der Waals surface area contributed by atoms with Crippen LogP contribution in [0.1, 0.15) is 27.9 Å². The number of nitrogens with one attached hydrogen (secondary N) is 1. The van der Waals surface area contributed by atoms with Crippen LogP contribution in [0.25, 0.3) is 0 Å². The number of aromatic nitrogens is 1. The molecule has 1 aromatic carbocycles. The molecule has 0 fully saturated rings. The van der Waals surface area contributed by atoms with E-state index in [4.69, 9.17) is 0 Å². The maximum absolute atomic E-state index is 13.0. The van der Waals surface area contributed by atoms with Crippen LogP contribution in [0.5, 0.6) is 0 Å². The molecule has 3 rings (SSSR count). The number of aryl methyl sites for hydroxylation is 1. The van der Waals surface area contributed by atoms with Crippen LogP contribution in [-0.2, 0) is 13.0 Å². The van der Waals surface area contributed by atoms with Crippen LogP contribution in [0.3, 0.4) is 0 Å². The fourth-order valence-corrected chi connectivity index (χ4v) is 3.82. The van der Waals surface area contributed by atoms with Crippen molar-refractivity contribution < 1.29 is 4.39 Å². The molecule has 0 bridgehead atoms. The number of hydrogen-bond acceptors (Lipinski definition) is 4. The second-order valence-corrected chi connectivity index (χ2v) is 6.89. The first kappa shape index (κ1) is 15.3. The number of rotatable bonds is 6. The van der Waals surface area contributed by atoms with Gasteiger partial charge in [0.25, 0.3) is 0 Å². The Morgan fingerprint density at radius 3 is 2.59 bits per heavy atom. The Balaban J connectivity index is 1.71. The van der Waals surface area contributed by atoms with Gasteiger partial charge in [-0.1, -0.05) is 12.1 Å². The second kappa shape index (κ2) is 7.13. The predicted molar refractivity (Wildman–Crippen MR) is 90.9 cm³/mol. The molecule has 22 heavy (non-hydrogen) atoms. The standard InChI is InChI=1S/C17H17FN2S2/c1-12-10-22-17(20-12)16(8-14-6-7-21-11-14)19-9-13-2-4-15(18)5-3-13/h2-7,10-11,16,19H,8-9H2,1H3/t16-/m0/s1. The topological polar surface area (TPSA) is 24.9 Å². The summed E-state index contributed by atoms with van der Waals surface area (Å²) in [5, 5.41) is 11.0. The van der Waals surface area contributed by atoms with Gasteiger partial charge in [0.2, 0.25) is 0 Å². The van der Waals surface area contributed by atoms with Crippen molar-refractivity contribution in [3.8, 4) is 0 Å². The van der Waals surface area contributed by atoms with Crippen molar-refractivity contribution in [1.82, 2.24) is 10.3 Å². The minimum Gasteiger partial charge on any atom is -0.304 e. The highest BCUT2D eigenvalue weighted by Gasteiger charge is 2.15. The molecule has 0 saturated heterocycles. The van der Waals surface area contributed by atoms with E-state index >= 15 is 0 Å². The first-order valence-electron chi connectivity index (χ1n) is 7.11. The monoisotopic (exact) mass is 332 g/mol. The maximum atomic E-state index is 13.0. The Morgan fingerprint density at radius 1 is 1.14 bits per heavy atom. The zero-order valence-corrected chi connectivity index (χ0v) is 13.9. The summed E-state index contributed by atoms with van der Waals surface area (Å²) >= 11 is 3.40. The normalized spacial score (nSPS) is 12.5. The van der Waals surface area contributed by atoms with Gasteiger partial charge in [0, 0.05) is 17.6 Å². The van der Waals surface area contributed by atoms with Gasteiger partial charge in [0.05, 0.1) is 6.04 Å². The molecule has 0 aliphatic rings. The molecule has 0 unspecified atom stereocenters. The molecule has 0 aliphatic carbocycles. The summed E-state index contributed by atoms with van der Waals surface area (Å²) in [6, 6.07) is 8.96. The van der Waals surface area contributed by atoms with Gasteiger partial charge in [-0.2, -0.15) is 11.3 Å². The second-order valence-electron chi connectivity index (χ2n) is 5.22. The lowest BCUT2D eigenvalue weighted by atomic mass is 10.1. The van der Waals surface area contributed by atoms with Crippen molar-refractivity contribution in [2.45, 2.75) is 25.9 Å². The van der Waals surface area contributed by atoms with Crippen LogP contribution in [0.2, 0.25) is 0 Å². The van der Waals surface area contributed by atoms with Crippen molar-refractivity contribution in [1.29, 1.82) is 0 Å². The van der Waals surface area contributed by atoms with Gasteiger partial charge in [0.1, 0.15) is 10.8 Å². The number of benzene rings is 1. The SMILES string of the molecule is Cc1csc([C@H](Cc2ccsc2)NCc2ccc(F)cc2)n1. The number of thiazole rings is 1. The highest BCUT2D eigenvalue weighted by molar-refractivity contribution is 7.09. The van der Waals surface area contributed by atoms with Crippen LogP contribution < -0.4 is 5.32 Å². The van der Waals surface area contributed by atoms with Gasteiger partial charge in [-0.25, -0.2) is 9.37 Å². The summed E-state index contributed by atoms with van der Waals surface area (Å²) in [6.07, 6.45) is 0.914. The van der Waals surface area contributed by atoms with Crippen LogP contribution >= 0.6 is 22.7 Å². The Bertz CT molecular complexity index is 705. The lowest BCUT2D eigenvalue weighted by molar-refractivity contribution is 0.527. The summed E-state index contributed by atoms with van der Waals surface area (Å²) < 4.78 is 13.0. The maximum Gasteiger partial charge on any atom is 0.123 e. The van der Waals surface area contributed by atoms with Crippen molar-refractivity contribution in [2.75, 3.05) is 0 Å². The minimum atomic E-state index is -0.200. The molecular formula is C17H17FN2S2. The third kappa shape index (κ3) is 4.00. The molecule has 1 N–H and O–H groups in total. The number of nitrogens with zero attached hydrogens (tertiary/aromatic N) is 1. The first-order chi connectivity index (χ1) is 10.7. The zero-order chi connectivity index (χ0) is 15.4. The van der Waals surface area contributed by atoms with E-state index in [-0.39, 0.29) is 11.9 Å². The van der Waals surface area contributed by atoms with Gasteiger partial charge in [-0.3, -0.25) is 0 Å². The fraction of sp³-hybridized carbons (Fsp3) is 0.235. The summed E-state index contributed by atoms with van der Waals surface area (Å²) in [7, 11) is 0. The van der Waals surface area contributed by atoms with E-state index in [1.54, 1.807) is 22.7 Å². The molecule has 0 spiro atoms. The lowest BCUT2D eigenvalue weighted by Gasteiger charge is -2.16. The third-order valence-electron chi connectivity index (χ3n) is 3.42. The summed E-state index contributed by atoms with van der Waals surface area (Å²) in [6.45, 7) is 2.72. The summed E-state index contributed by atoms with van der Waals surface area (Å²) in [5.41, 5.74) is 3.44. The minimum absolute atomic E-state index is 0.179. The highest BCUT2D eigenvalue weighted by atomic mass is 32.1. The molecule has 114 valence electrons. The van der Waals surface area contributed by atoms with Crippen LogP contribution in [0, 0.1) is 12.7 Å². The van der Waals surface area contributed by atoms with Crippen molar-refractivity contribution in [3.05, 3.63) is 74.1 Å². The first-order valence-corrected chi connectivity index (χ1v) is 8.94. The lowest BCUT2D eigenvalue weighted by Crippen LogP contribution is -2.22. The summed E-state index contributed by atoms with van der Waals surface area (Å²) in [4.78, 5) is 4.62. The predicted octanol–water partition coefficient (Wildman–Crippen LogP) is 4.73. The highest BCUT2D eigenvalue weighted by Crippen LogP contribution is 2.23. The van der Waals surface area contributed by atoms with Crippen molar-refractivity contribution in [3.63, 3.8) is 0 Å². The molecule has 0 amide bonds. The van der Waals surface area contributed by atoms with E-state index in [0.29, 0.717) is 6.54 Å². The van der Waals surface area contributed by atoms with E-state index in [1.807, 2.05) is 19.1 Å². The Morgan fingerprint density at radius 2 is 1.95 bits per heavy atom. The van der Waals surface area contributed by atoms with Crippen molar-refractivity contribution >= 4 is 22.7 Å². The molecule has 0 saturated carbocycles. The number of thiophene rings is 1.